The van der Waals surface area contributed by atoms with Gasteiger partial charge in [-0.05, 0) is 54.4 Å². The van der Waals surface area contributed by atoms with Crippen molar-refractivity contribution in [1.82, 2.24) is 19.7 Å². The Bertz CT molecular complexity index is 1530. The molecular weight excluding hydrogens is 492 g/mol. The standard InChI is InChI=1S/C26H20F4N4O3/c1-16(18-5-3-2-4-6-18)31-23(35)22-24(36)33(15-17-7-11-20(27)12-8-17)25(37)34(32-22)21-13-9-19(10-14-21)26(28,29)30/h2-14,16H,15H2,1H3,(H,31,35)/t16-/m1/s1. The number of hydrogen-bond donors (Lipinski definition) is 1. The highest BCUT2D eigenvalue weighted by molar-refractivity contribution is 5.92. The Kier molecular flexibility index (Phi) is 7.05. The number of carbonyl (C=O) groups excluding carboxylic acids is 1. The zero-order valence-electron chi connectivity index (χ0n) is 19.4. The first-order valence-electron chi connectivity index (χ1n) is 11.1. The van der Waals surface area contributed by atoms with Crippen LogP contribution in [0.1, 0.15) is 40.1 Å². The largest absolute Gasteiger partial charge is 0.416 e. The Morgan fingerprint density at radius 1 is 0.946 bits per heavy atom. The average molecular weight is 512 g/mol. The molecule has 0 aliphatic rings. The Labute approximate surface area is 207 Å². The highest BCUT2D eigenvalue weighted by Gasteiger charge is 2.30. The molecule has 3 aromatic carbocycles. The van der Waals surface area contributed by atoms with E-state index in [9.17, 15) is 31.9 Å². The number of halogens is 4. The molecule has 0 saturated carbocycles. The molecule has 0 saturated heterocycles. The maximum Gasteiger partial charge on any atom is 0.416 e. The molecule has 0 fully saturated rings. The fraction of sp³-hybridized carbons (Fsp3) is 0.154. The van der Waals surface area contributed by atoms with Crippen LogP contribution in [0.2, 0.25) is 0 Å². The normalized spacial score (nSPS) is 12.2. The SMILES string of the molecule is C[C@@H](NC(=O)c1nn(-c2ccc(C(F)(F)F)cc2)c(=O)n(Cc2ccc(F)cc2)c1=O)c1ccccc1. The number of nitrogens with zero attached hydrogens (tertiary/aromatic N) is 3. The maximum atomic E-state index is 13.3. The summed E-state index contributed by atoms with van der Waals surface area (Å²) in [6.45, 7) is 1.37. The van der Waals surface area contributed by atoms with Crippen LogP contribution in [0.4, 0.5) is 17.6 Å². The third-order valence-corrected chi connectivity index (χ3v) is 5.62. The molecule has 4 aromatic rings. The van der Waals surface area contributed by atoms with Crippen LogP contribution in [-0.4, -0.2) is 20.3 Å². The molecule has 11 heteroatoms. The van der Waals surface area contributed by atoms with Crippen LogP contribution in [0.25, 0.3) is 5.69 Å². The first-order chi connectivity index (χ1) is 17.5. The molecule has 4 rings (SSSR count). The van der Waals surface area contributed by atoms with Crippen LogP contribution in [0.5, 0.6) is 0 Å². The minimum Gasteiger partial charge on any atom is -0.344 e. The highest BCUT2D eigenvalue weighted by atomic mass is 19.4. The second-order valence-corrected chi connectivity index (χ2v) is 8.21. The third-order valence-electron chi connectivity index (χ3n) is 5.62. The van der Waals surface area contributed by atoms with E-state index in [1.54, 1.807) is 37.3 Å². The van der Waals surface area contributed by atoms with Gasteiger partial charge in [-0.1, -0.05) is 42.5 Å². The molecule has 1 N–H and O–H groups in total. The zero-order chi connectivity index (χ0) is 26.7. The Morgan fingerprint density at radius 2 is 1.57 bits per heavy atom. The van der Waals surface area contributed by atoms with E-state index >= 15 is 0 Å². The van der Waals surface area contributed by atoms with Crippen molar-refractivity contribution >= 4 is 5.91 Å². The topological polar surface area (TPSA) is 86.0 Å². The Hall–Kier alpha value is -4.54. The number of carbonyl (C=O) groups is 1. The number of amides is 1. The summed E-state index contributed by atoms with van der Waals surface area (Å²) in [7, 11) is 0. The lowest BCUT2D eigenvalue weighted by Gasteiger charge is -2.16. The second-order valence-electron chi connectivity index (χ2n) is 8.21. The van der Waals surface area contributed by atoms with Crippen molar-refractivity contribution < 1.29 is 22.4 Å². The third kappa shape index (κ3) is 5.66. The first kappa shape index (κ1) is 25.5. The molecule has 7 nitrogen and oxygen atoms in total. The zero-order valence-corrected chi connectivity index (χ0v) is 19.4. The second kappa shape index (κ2) is 10.2. The van der Waals surface area contributed by atoms with Gasteiger partial charge in [0.1, 0.15) is 5.82 Å². The van der Waals surface area contributed by atoms with Gasteiger partial charge in [0.2, 0.25) is 5.69 Å². The van der Waals surface area contributed by atoms with Crippen LogP contribution in [0, 0.1) is 5.82 Å². The van der Waals surface area contributed by atoms with Crippen molar-refractivity contribution in [2.45, 2.75) is 25.7 Å². The predicted molar refractivity (Wildman–Crippen MR) is 127 cm³/mol. The van der Waals surface area contributed by atoms with Gasteiger partial charge in [-0.3, -0.25) is 14.2 Å². The Balaban J connectivity index is 1.80. The number of benzene rings is 3. The van der Waals surface area contributed by atoms with Gasteiger partial charge >= 0.3 is 11.9 Å². The van der Waals surface area contributed by atoms with Crippen LogP contribution in [0.3, 0.4) is 0 Å². The quantitative estimate of drug-likeness (QED) is 0.395. The van der Waals surface area contributed by atoms with Gasteiger partial charge in [0.15, 0.2) is 0 Å². The number of aromatic nitrogens is 3. The summed E-state index contributed by atoms with van der Waals surface area (Å²) >= 11 is 0. The predicted octanol–water partition coefficient (Wildman–Crippen LogP) is 4.09. The summed E-state index contributed by atoms with van der Waals surface area (Å²) < 4.78 is 53.8. The Morgan fingerprint density at radius 3 is 2.16 bits per heavy atom. The van der Waals surface area contributed by atoms with Crippen molar-refractivity contribution in [1.29, 1.82) is 0 Å². The summed E-state index contributed by atoms with van der Waals surface area (Å²) in [5.74, 6) is -1.40. The first-order valence-corrected chi connectivity index (χ1v) is 11.1. The monoisotopic (exact) mass is 512 g/mol. The van der Waals surface area contributed by atoms with Crippen LogP contribution >= 0.6 is 0 Å². The molecule has 0 radical (unpaired) electrons. The molecule has 0 unspecified atom stereocenters. The minimum absolute atomic E-state index is 0.0870. The summed E-state index contributed by atoms with van der Waals surface area (Å²) in [6.07, 6.45) is -4.60. The van der Waals surface area contributed by atoms with E-state index in [1.165, 1.54) is 12.1 Å². The molecule has 0 bridgehead atoms. The lowest BCUT2D eigenvalue weighted by molar-refractivity contribution is -0.137. The van der Waals surface area contributed by atoms with Crippen LogP contribution in [0.15, 0.2) is 88.5 Å². The smallest absolute Gasteiger partial charge is 0.344 e. The molecule has 0 aliphatic carbocycles. The van der Waals surface area contributed by atoms with E-state index in [0.29, 0.717) is 10.2 Å². The van der Waals surface area contributed by atoms with E-state index < -0.39 is 46.4 Å². The lowest BCUT2D eigenvalue weighted by Crippen LogP contribution is -2.46. The van der Waals surface area contributed by atoms with Crippen molar-refractivity contribution in [2.75, 3.05) is 0 Å². The molecule has 1 aromatic heterocycles. The van der Waals surface area contributed by atoms with E-state index in [2.05, 4.69) is 10.4 Å². The molecule has 1 atom stereocenters. The van der Waals surface area contributed by atoms with Crippen LogP contribution in [-0.2, 0) is 12.7 Å². The lowest BCUT2D eigenvalue weighted by atomic mass is 10.1. The van der Waals surface area contributed by atoms with Gasteiger partial charge in [0.25, 0.3) is 11.5 Å². The molecule has 1 amide bonds. The van der Waals surface area contributed by atoms with Crippen molar-refractivity contribution in [3.05, 3.63) is 128 Å². The molecule has 37 heavy (non-hydrogen) atoms. The van der Waals surface area contributed by atoms with E-state index in [4.69, 9.17) is 0 Å². The summed E-state index contributed by atoms with van der Waals surface area (Å²) in [5.41, 5.74) is -2.52. The molecule has 0 spiro atoms. The summed E-state index contributed by atoms with van der Waals surface area (Å²) in [5, 5.41) is 6.57. The highest BCUT2D eigenvalue weighted by Crippen LogP contribution is 2.29. The number of hydrogen-bond acceptors (Lipinski definition) is 4. The molecular formula is C26H20F4N4O3. The summed E-state index contributed by atoms with van der Waals surface area (Å²) in [4.78, 5) is 39.5. The number of nitrogens with one attached hydrogen (secondary N) is 1. The van der Waals surface area contributed by atoms with Gasteiger partial charge in [0, 0.05) is 0 Å². The van der Waals surface area contributed by atoms with Crippen molar-refractivity contribution in [2.24, 2.45) is 0 Å². The molecule has 0 aliphatic heterocycles. The molecule has 1 heterocycles. The minimum atomic E-state index is -4.60. The van der Waals surface area contributed by atoms with E-state index in [1.807, 2.05) is 0 Å². The van der Waals surface area contributed by atoms with E-state index in [0.717, 1.165) is 46.5 Å². The van der Waals surface area contributed by atoms with Gasteiger partial charge in [-0.25, -0.2) is 9.18 Å². The number of rotatable bonds is 6. The fourth-order valence-corrected chi connectivity index (χ4v) is 3.62. The van der Waals surface area contributed by atoms with Crippen molar-refractivity contribution in [3.63, 3.8) is 0 Å². The van der Waals surface area contributed by atoms with Crippen molar-refractivity contribution in [3.8, 4) is 5.69 Å². The molecule has 190 valence electrons. The maximum absolute atomic E-state index is 13.3. The number of alkyl halides is 3. The van der Waals surface area contributed by atoms with Gasteiger partial charge in [-0.2, -0.15) is 23.0 Å². The van der Waals surface area contributed by atoms with Crippen LogP contribution < -0.4 is 16.6 Å². The summed E-state index contributed by atoms with van der Waals surface area (Å²) in [6, 6.07) is 16.9. The average Bonchev–Trinajstić information content (AvgIpc) is 2.88. The van der Waals surface area contributed by atoms with Gasteiger partial charge in [0.05, 0.1) is 23.8 Å². The van der Waals surface area contributed by atoms with Gasteiger partial charge in [-0.15, -0.1) is 0 Å². The fourth-order valence-electron chi connectivity index (χ4n) is 3.62. The van der Waals surface area contributed by atoms with E-state index in [-0.39, 0.29) is 12.2 Å². The van der Waals surface area contributed by atoms with Gasteiger partial charge < -0.3 is 5.32 Å².